The minimum Gasteiger partial charge on any atom is -0.330 e. The third-order valence-electron chi connectivity index (χ3n) is 2.80. The lowest BCUT2D eigenvalue weighted by molar-refractivity contribution is 1.06. The number of hydrogen-bond acceptors (Lipinski definition) is 1. The zero-order valence-corrected chi connectivity index (χ0v) is 14.8. The van der Waals surface area contributed by atoms with Gasteiger partial charge in [0.2, 0.25) is 0 Å². The minimum atomic E-state index is 0.674. The van der Waals surface area contributed by atoms with Crippen LogP contribution in [-0.4, -0.2) is 9.55 Å². The molecule has 1 heterocycles. The third kappa shape index (κ3) is 2.49. The van der Waals surface area contributed by atoms with Crippen LogP contribution < -0.4 is 0 Å². The summed E-state index contributed by atoms with van der Waals surface area (Å²) in [4.78, 5) is 3.22. The molecule has 0 saturated heterocycles. The van der Waals surface area contributed by atoms with Crippen molar-refractivity contribution in [3.8, 4) is 5.69 Å². The Morgan fingerprint density at radius 2 is 2.00 bits per heavy atom. The van der Waals surface area contributed by atoms with Gasteiger partial charge in [-0.2, -0.15) is 0 Å². The highest BCUT2D eigenvalue weighted by molar-refractivity contribution is 14.1. The van der Waals surface area contributed by atoms with Crippen molar-refractivity contribution >= 4 is 73.4 Å². The van der Waals surface area contributed by atoms with Gasteiger partial charge in [0.05, 0.1) is 16.7 Å². The molecule has 0 atom stereocenters. The van der Waals surface area contributed by atoms with Gasteiger partial charge in [-0.1, -0.05) is 27.5 Å². The number of aromatic nitrogens is 2. The van der Waals surface area contributed by atoms with Gasteiger partial charge in [0.1, 0.15) is 0 Å². The van der Waals surface area contributed by atoms with Crippen LogP contribution in [0.2, 0.25) is 5.02 Å². The van der Waals surface area contributed by atoms with E-state index in [1.165, 1.54) is 0 Å². The maximum atomic E-state index is 6.01. The minimum absolute atomic E-state index is 0.674. The van der Waals surface area contributed by atoms with E-state index in [0.717, 1.165) is 29.8 Å². The number of benzene rings is 2. The molecule has 0 amide bonds. The van der Waals surface area contributed by atoms with Gasteiger partial charge >= 0.3 is 0 Å². The summed E-state index contributed by atoms with van der Waals surface area (Å²) in [6.07, 6.45) is 0. The average molecular weight is 466 g/mol. The molecule has 19 heavy (non-hydrogen) atoms. The molecule has 96 valence electrons. The third-order valence-corrected chi connectivity index (χ3v) is 4.67. The molecule has 3 aromatic rings. The van der Waals surface area contributed by atoms with E-state index >= 15 is 0 Å². The molecule has 0 bridgehead atoms. The first-order valence-corrected chi connectivity index (χ1v) is 8.08. The molecular weight excluding hydrogens is 458 g/mol. The Morgan fingerprint density at radius 1 is 1.21 bits per heavy atom. The highest BCUT2D eigenvalue weighted by Crippen LogP contribution is 2.27. The first-order valence-electron chi connectivity index (χ1n) is 5.42. The highest BCUT2D eigenvalue weighted by Gasteiger charge is 2.10. The second-order valence-electron chi connectivity index (χ2n) is 4.02. The molecule has 3 rings (SSSR count). The first kappa shape index (κ1) is 13.6. The number of halogens is 3. The zero-order valence-electron chi connectivity index (χ0n) is 9.45. The fourth-order valence-electron chi connectivity index (χ4n) is 1.98. The lowest BCUT2D eigenvalue weighted by Gasteiger charge is -2.08. The number of hydrogen-bond donors (Lipinski definition) is 1. The number of imidazole rings is 1. The van der Waals surface area contributed by atoms with E-state index in [-0.39, 0.29) is 0 Å². The number of fused-ring (bicyclic) bond motifs is 1. The maximum Gasteiger partial charge on any atom is 0.182 e. The predicted molar refractivity (Wildman–Crippen MR) is 93.9 cm³/mol. The summed E-state index contributed by atoms with van der Waals surface area (Å²) in [7, 11) is 0. The van der Waals surface area contributed by atoms with E-state index < -0.39 is 0 Å². The van der Waals surface area contributed by atoms with Crippen molar-refractivity contribution in [2.45, 2.75) is 0 Å². The van der Waals surface area contributed by atoms with Crippen LogP contribution in [0.25, 0.3) is 16.7 Å². The van der Waals surface area contributed by atoms with E-state index in [4.69, 9.17) is 23.8 Å². The van der Waals surface area contributed by atoms with Gasteiger partial charge < -0.3 is 4.98 Å². The molecule has 1 N–H and O–H groups in total. The number of aromatic amines is 1. The average Bonchev–Trinajstić information content (AvgIpc) is 2.65. The molecule has 0 aliphatic carbocycles. The monoisotopic (exact) mass is 464 g/mol. The fourth-order valence-corrected chi connectivity index (χ4v) is 3.75. The van der Waals surface area contributed by atoms with Gasteiger partial charge in [-0.05, 0) is 71.2 Å². The largest absolute Gasteiger partial charge is 0.330 e. The van der Waals surface area contributed by atoms with Crippen LogP contribution in [0.3, 0.4) is 0 Å². The highest BCUT2D eigenvalue weighted by atomic mass is 127. The van der Waals surface area contributed by atoms with Gasteiger partial charge in [0.15, 0.2) is 4.77 Å². The quantitative estimate of drug-likeness (QED) is 0.361. The molecule has 6 heteroatoms. The molecule has 0 unspecified atom stereocenters. The summed E-state index contributed by atoms with van der Waals surface area (Å²) in [5.41, 5.74) is 3.08. The zero-order chi connectivity index (χ0) is 13.6. The molecule has 0 saturated carbocycles. The van der Waals surface area contributed by atoms with Crippen LogP contribution >= 0.6 is 62.3 Å². The van der Waals surface area contributed by atoms with E-state index in [1.54, 1.807) is 0 Å². The summed E-state index contributed by atoms with van der Waals surface area (Å²) in [6, 6.07) is 11.8. The lowest BCUT2D eigenvalue weighted by Crippen LogP contribution is -1.96. The van der Waals surface area contributed by atoms with Crippen LogP contribution in [0, 0.1) is 8.34 Å². The Hall–Kier alpha value is -0.370. The van der Waals surface area contributed by atoms with Crippen molar-refractivity contribution in [2.75, 3.05) is 0 Å². The predicted octanol–water partition coefficient (Wildman–Crippen LogP) is 5.71. The first-order chi connectivity index (χ1) is 9.06. The van der Waals surface area contributed by atoms with E-state index in [9.17, 15) is 0 Å². The topological polar surface area (TPSA) is 20.7 Å². The second-order valence-corrected chi connectivity index (χ2v) is 6.92. The van der Waals surface area contributed by atoms with Gasteiger partial charge in [-0.3, -0.25) is 4.57 Å². The van der Waals surface area contributed by atoms with Crippen molar-refractivity contribution < 1.29 is 0 Å². The summed E-state index contributed by atoms with van der Waals surface area (Å²) < 4.78 is 4.77. The van der Waals surface area contributed by atoms with Crippen LogP contribution in [0.4, 0.5) is 0 Å². The van der Waals surface area contributed by atoms with Gasteiger partial charge in [0, 0.05) is 13.1 Å². The van der Waals surface area contributed by atoms with Crippen LogP contribution in [0.5, 0.6) is 0 Å². The van der Waals surface area contributed by atoms with Gasteiger partial charge in [-0.15, -0.1) is 0 Å². The molecule has 2 aromatic carbocycles. The van der Waals surface area contributed by atoms with Crippen molar-refractivity contribution in [1.29, 1.82) is 0 Å². The number of nitrogens with one attached hydrogen (secondary N) is 1. The molecule has 0 aliphatic heterocycles. The summed E-state index contributed by atoms with van der Waals surface area (Å²) in [5, 5.41) is 0.723. The smallest absolute Gasteiger partial charge is 0.182 e. The SMILES string of the molecule is S=c1[nH]c2ccc(Br)cc2n1-c1ccc(Cl)cc1I. The fraction of sp³-hybridized carbons (Fsp3) is 0. The Morgan fingerprint density at radius 3 is 2.74 bits per heavy atom. The van der Waals surface area contributed by atoms with Crippen molar-refractivity contribution in [3.05, 3.63) is 54.2 Å². The lowest BCUT2D eigenvalue weighted by atomic mass is 10.3. The molecular formula is C13H7BrClIN2S. The van der Waals surface area contributed by atoms with Crippen molar-refractivity contribution in [1.82, 2.24) is 9.55 Å². The Bertz CT molecular complexity index is 840. The molecule has 0 aliphatic rings. The Labute approximate surface area is 142 Å². The normalized spacial score (nSPS) is 11.1. The Balaban J connectivity index is 2.38. The van der Waals surface area contributed by atoms with Crippen LogP contribution in [-0.2, 0) is 0 Å². The number of rotatable bonds is 1. The summed E-state index contributed by atoms with van der Waals surface area (Å²) in [6.45, 7) is 0. The van der Waals surface area contributed by atoms with E-state index in [2.05, 4.69) is 43.5 Å². The van der Waals surface area contributed by atoms with Crippen molar-refractivity contribution in [3.63, 3.8) is 0 Å². The van der Waals surface area contributed by atoms with Crippen LogP contribution in [0.15, 0.2) is 40.9 Å². The van der Waals surface area contributed by atoms with Gasteiger partial charge in [-0.25, -0.2) is 0 Å². The second kappa shape index (κ2) is 5.20. The van der Waals surface area contributed by atoms with E-state index in [1.807, 2.05) is 41.0 Å². The molecule has 0 radical (unpaired) electrons. The number of H-pyrrole nitrogens is 1. The molecule has 0 spiro atoms. The molecule has 1 aromatic heterocycles. The summed E-state index contributed by atoms with van der Waals surface area (Å²) >= 11 is 17.2. The molecule has 0 fully saturated rings. The van der Waals surface area contributed by atoms with Gasteiger partial charge in [0.25, 0.3) is 0 Å². The standard InChI is InChI=1S/C13H7BrClIN2S/c14-7-1-3-10-12(5-7)18(13(19)17-10)11-4-2-8(15)6-9(11)16/h1-6H,(H,17,19). The number of nitrogens with zero attached hydrogens (tertiary/aromatic N) is 1. The van der Waals surface area contributed by atoms with E-state index in [0.29, 0.717) is 4.77 Å². The maximum absolute atomic E-state index is 6.01. The Kier molecular flexibility index (Phi) is 3.72. The van der Waals surface area contributed by atoms with Crippen LogP contribution in [0.1, 0.15) is 0 Å². The molecule has 2 nitrogen and oxygen atoms in total. The summed E-state index contributed by atoms with van der Waals surface area (Å²) in [5.74, 6) is 0. The van der Waals surface area contributed by atoms with Crippen molar-refractivity contribution in [2.24, 2.45) is 0 Å².